The molecule has 0 fully saturated rings. The fraction of sp³-hybridized carbons (Fsp3) is 0.257. The molecule has 0 unspecified atom stereocenters. The fourth-order valence-corrected chi connectivity index (χ4v) is 5.16. The molecule has 222 valence electrons. The summed E-state index contributed by atoms with van der Waals surface area (Å²) in [6.07, 6.45) is 0.367. The first-order chi connectivity index (χ1) is 21.0. The van der Waals surface area contributed by atoms with Crippen LogP contribution in [0, 0.1) is 5.82 Å². The zero-order chi connectivity index (χ0) is 30.1. The summed E-state index contributed by atoms with van der Waals surface area (Å²) in [6.45, 7) is 0.685. The number of ether oxygens (including phenoxy) is 3. The van der Waals surface area contributed by atoms with Crippen molar-refractivity contribution in [2.24, 2.45) is 4.99 Å². The van der Waals surface area contributed by atoms with E-state index in [0.29, 0.717) is 48.0 Å². The Kier molecular flexibility index (Phi) is 9.69. The van der Waals surface area contributed by atoms with Crippen LogP contribution in [-0.2, 0) is 22.4 Å². The Labute approximate surface area is 251 Å². The summed E-state index contributed by atoms with van der Waals surface area (Å²) in [5.74, 6) is 0.988. The van der Waals surface area contributed by atoms with E-state index in [4.69, 9.17) is 24.3 Å². The van der Waals surface area contributed by atoms with Gasteiger partial charge >= 0.3 is 0 Å². The summed E-state index contributed by atoms with van der Waals surface area (Å²) >= 11 is 0. The quantitative estimate of drug-likeness (QED) is 0.205. The van der Waals surface area contributed by atoms with E-state index in [2.05, 4.69) is 5.32 Å². The number of carbonyl (C=O) groups is 1. The number of nitrogens with one attached hydrogen (secondary N) is 1. The maximum atomic E-state index is 14.3. The number of benzene rings is 4. The van der Waals surface area contributed by atoms with E-state index in [1.807, 2.05) is 78.9 Å². The highest BCUT2D eigenvalue weighted by atomic mass is 19.1. The van der Waals surface area contributed by atoms with Crippen molar-refractivity contribution in [3.05, 3.63) is 131 Å². The van der Waals surface area contributed by atoms with E-state index in [0.717, 1.165) is 11.1 Å². The Hall–Kier alpha value is -4.69. The highest BCUT2D eigenvalue weighted by Gasteiger charge is 2.53. The van der Waals surface area contributed by atoms with Gasteiger partial charge in [0.15, 0.2) is 11.6 Å². The van der Waals surface area contributed by atoms with E-state index in [1.165, 1.54) is 6.07 Å². The van der Waals surface area contributed by atoms with Gasteiger partial charge in [-0.15, -0.1) is 0 Å². The largest absolute Gasteiger partial charge is 0.497 e. The SMILES string of the molecule is COc1cccc([C@H]2OC(c3ccc(OCCCO)cc3)=N[C@@]2(Cc2ccccc2)C(=O)NCCc2ccccc2F)c1. The van der Waals surface area contributed by atoms with E-state index < -0.39 is 11.6 Å². The second kappa shape index (κ2) is 14.0. The molecule has 7 nitrogen and oxygen atoms in total. The van der Waals surface area contributed by atoms with E-state index in [1.54, 1.807) is 25.3 Å². The molecule has 1 aliphatic rings. The van der Waals surface area contributed by atoms with Crippen molar-refractivity contribution in [3.63, 3.8) is 0 Å². The van der Waals surface area contributed by atoms with Gasteiger partial charge in [-0.3, -0.25) is 4.79 Å². The molecule has 0 saturated carbocycles. The van der Waals surface area contributed by atoms with Gasteiger partial charge < -0.3 is 24.6 Å². The number of aliphatic imine (C=N–C) groups is 1. The lowest BCUT2D eigenvalue weighted by molar-refractivity contribution is -0.128. The summed E-state index contributed by atoms with van der Waals surface area (Å²) in [7, 11) is 1.59. The van der Waals surface area contributed by atoms with Crippen LogP contribution in [0.25, 0.3) is 0 Å². The van der Waals surface area contributed by atoms with Crippen molar-refractivity contribution in [3.8, 4) is 11.5 Å². The number of rotatable bonds is 13. The summed E-state index contributed by atoms with van der Waals surface area (Å²) in [5.41, 5.74) is 1.51. The first-order valence-electron chi connectivity index (χ1n) is 14.3. The number of hydrogen-bond donors (Lipinski definition) is 2. The van der Waals surface area contributed by atoms with Gasteiger partial charge in [0.1, 0.15) is 17.3 Å². The lowest BCUT2D eigenvalue weighted by Gasteiger charge is -2.31. The topological polar surface area (TPSA) is 89.4 Å². The molecule has 2 atom stereocenters. The molecule has 0 aliphatic carbocycles. The molecule has 0 saturated heterocycles. The lowest BCUT2D eigenvalue weighted by atomic mass is 9.82. The maximum Gasteiger partial charge on any atom is 0.252 e. The average Bonchev–Trinajstić information content (AvgIpc) is 3.43. The van der Waals surface area contributed by atoms with Gasteiger partial charge in [0.2, 0.25) is 5.90 Å². The highest BCUT2D eigenvalue weighted by Crippen LogP contribution is 2.43. The van der Waals surface area contributed by atoms with Gasteiger partial charge in [-0.2, -0.15) is 0 Å². The number of aliphatic hydroxyl groups excluding tert-OH is 1. The Morgan fingerprint density at radius 3 is 2.49 bits per heavy atom. The molecule has 0 radical (unpaired) electrons. The van der Waals surface area contributed by atoms with Gasteiger partial charge in [-0.1, -0.05) is 60.7 Å². The third kappa shape index (κ3) is 7.04. The highest BCUT2D eigenvalue weighted by molar-refractivity contribution is 6.01. The van der Waals surface area contributed by atoms with Crippen LogP contribution in [0.1, 0.15) is 34.8 Å². The van der Waals surface area contributed by atoms with Gasteiger partial charge in [-0.05, 0) is 65.6 Å². The standard InChI is InChI=1S/C35H35FN2O5/c1-41-30-13-7-12-28(23-30)32-35(24-25-9-3-2-4-10-25,34(40)37-20-19-26-11-5-6-14-31(26)36)38-33(43-32)27-15-17-29(18-16-27)42-22-8-21-39/h2-7,9-18,23,32,39H,8,19-22,24H2,1H3,(H,37,40)/t32-,35-/m1/s1. The zero-order valence-electron chi connectivity index (χ0n) is 24.0. The van der Waals surface area contributed by atoms with Crippen LogP contribution in [0.4, 0.5) is 4.39 Å². The predicted octanol–water partition coefficient (Wildman–Crippen LogP) is 5.45. The first kappa shape index (κ1) is 29.8. The minimum absolute atomic E-state index is 0.0558. The predicted molar refractivity (Wildman–Crippen MR) is 163 cm³/mol. The minimum Gasteiger partial charge on any atom is -0.497 e. The summed E-state index contributed by atoms with van der Waals surface area (Å²) in [5, 5.41) is 12.1. The van der Waals surface area contributed by atoms with E-state index >= 15 is 0 Å². The number of hydrogen-bond acceptors (Lipinski definition) is 6. The molecule has 4 aromatic rings. The normalized spacial score (nSPS) is 17.6. The molecule has 1 aliphatic heterocycles. The molecule has 8 heteroatoms. The molecular weight excluding hydrogens is 547 g/mol. The van der Waals surface area contributed by atoms with Gasteiger partial charge in [-0.25, -0.2) is 9.38 Å². The van der Waals surface area contributed by atoms with Gasteiger partial charge in [0, 0.05) is 31.6 Å². The van der Waals surface area contributed by atoms with Gasteiger partial charge in [0.25, 0.3) is 5.91 Å². The van der Waals surface area contributed by atoms with Crippen LogP contribution in [-0.4, -0.2) is 49.3 Å². The maximum absolute atomic E-state index is 14.3. The molecule has 0 aromatic heterocycles. The monoisotopic (exact) mass is 582 g/mol. The van der Waals surface area contributed by atoms with Crippen LogP contribution in [0.5, 0.6) is 11.5 Å². The molecule has 0 bridgehead atoms. The van der Waals surface area contributed by atoms with Crippen LogP contribution in [0.3, 0.4) is 0 Å². The summed E-state index contributed by atoms with van der Waals surface area (Å²) in [6, 6.07) is 31.0. The first-order valence-corrected chi connectivity index (χ1v) is 14.3. The van der Waals surface area contributed by atoms with Crippen LogP contribution in [0.15, 0.2) is 108 Å². The van der Waals surface area contributed by atoms with Crippen LogP contribution < -0.4 is 14.8 Å². The van der Waals surface area contributed by atoms with Crippen molar-refractivity contribution in [2.75, 3.05) is 26.9 Å². The molecular formula is C35H35FN2O5. The molecule has 4 aromatic carbocycles. The van der Waals surface area contributed by atoms with Crippen molar-refractivity contribution in [1.29, 1.82) is 0 Å². The zero-order valence-corrected chi connectivity index (χ0v) is 24.0. The van der Waals surface area contributed by atoms with Crippen LogP contribution >= 0.6 is 0 Å². The Morgan fingerprint density at radius 1 is 0.977 bits per heavy atom. The van der Waals surface area contributed by atoms with Crippen LogP contribution in [0.2, 0.25) is 0 Å². The molecule has 0 spiro atoms. The summed E-state index contributed by atoms with van der Waals surface area (Å²) < 4.78 is 32.0. The number of amides is 1. The molecule has 1 amide bonds. The number of methoxy groups -OCH3 is 1. The van der Waals surface area contributed by atoms with Crippen molar-refractivity contribution in [2.45, 2.75) is 30.9 Å². The Bertz CT molecular complexity index is 1540. The number of halogens is 1. The number of carbonyl (C=O) groups excluding carboxylic acids is 1. The molecule has 43 heavy (non-hydrogen) atoms. The van der Waals surface area contributed by atoms with Crippen molar-refractivity contribution in [1.82, 2.24) is 5.32 Å². The second-order valence-corrected chi connectivity index (χ2v) is 10.3. The molecule has 2 N–H and O–H groups in total. The lowest BCUT2D eigenvalue weighted by Crippen LogP contribution is -2.50. The molecule has 5 rings (SSSR count). The fourth-order valence-electron chi connectivity index (χ4n) is 5.16. The third-order valence-corrected chi connectivity index (χ3v) is 7.38. The van der Waals surface area contributed by atoms with E-state index in [-0.39, 0.29) is 31.3 Å². The van der Waals surface area contributed by atoms with Crippen molar-refractivity contribution >= 4 is 11.8 Å². The van der Waals surface area contributed by atoms with Gasteiger partial charge in [0.05, 0.1) is 13.7 Å². The average molecular weight is 583 g/mol. The number of nitrogens with zero attached hydrogens (tertiary/aromatic N) is 1. The minimum atomic E-state index is -1.37. The smallest absolute Gasteiger partial charge is 0.252 e. The summed E-state index contributed by atoms with van der Waals surface area (Å²) in [4.78, 5) is 19.3. The Morgan fingerprint density at radius 2 is 1.74 bits per heavy atom. The van der Waals surface area contributed by atoms with Crippen molar-refractivity contribution < 1.29 is 28.5 Å². The molecule has 1 heterocycles. The number of aliphatic hydroxyl groups is 1. The third-order valence-electron chi connectivity index (χ3n) is 7.38. The Balaban J connectivity index is 1.52. The van der Waals surface area contributed by atoms with E-state index in [9.17, 15) is 9.18 Å². The second-order valence-electron chi connectivity index (χ2n) is 10.3.